The molecule has 23 heavy (non-hydrogen) atoms. The molecule has 0 spiro atoms. The molecule has 5 nitrogen and oxygen atoms in total. The molecule has 1 aromatic rings. The Morgan fingerprint density at radius 3 is 2.70 bits per heavy atom. The lowest BCUT2D eigenvalue weighted by atomic mass is 9.95. The molecular weight excluding hydrogens is 292 g/mol. The maximum atomic E-state index is 12.2. The van der Waals surface area contributed by atoms with Crippen LogP contribution < -0.4 is 5.32 Å². The molecule has 1 saturated carbocycles. The Bertz CT molecular complexity index is 652. The molecule has 0 bridgehead atoms. The van der Waals surface area contributed by atoms with Crippen LogP contribution in [0.5, 0.6) is 0 Å². The molecule has 1 N–H and O–H groups in total. The lowest BCUT2D eigenvalue weighted by Gasteiger charge is -2.22. The van der Waals surface area contributed by atoms with Crippen LogP contribution in [0, 0.1) is 11.3 Å². The van der Waals surface area contributed by atoms with E-state index in [9.17, 15) is 14.9 Å². The van der Waals surface area contributed by atoms with Gasteiger partial charge >= 0.3 is 5.97 Å². The molecular formula is C18H20N2O3. The lowest BCUT2D eigenvalue weighted by molar-refractivity contribution is -0.117. The quantitative estimate of drug-likeness (QED) is 0.527. The minimum absolute atomic E-state index is 0.0394. The normalized spacial score (nSPS) is 15.6. The number of ether oxygens (including phenoxy) is 1. The van der Waals surface area contributed by atoms with E-state index in [0.717, 1.165) is 25.7 Å². The molecule has 1 fully saturated rings. The molecule has 5 heteroatoms. The van der Waals surface area contributed by atoms with Gasteiger partial charge in [0.25, 0.3) is 5.91 Å². The number of rotatable bonds is 4. The Hall–Kier alpha value is -2.61. The number of hydrogen-bond acceptors (Lipinski definition) is 4. The van der Waals surface area contributed by atoms with Crippen molar-refractivity contribution in [1.82, 2.24) is 5.32 Å². The van der Waals surface area contributed by atoms with Crippen molar-refractivity contribution in [3.63, 3.8) is 0 Å². The van der Waals surface area contributed by atoms with Crippen molar-refractivity contribution < 1.29 is 14.3 Å². The molecule has 120 valence electrons. The van der Waals surface area contributed by atoms with Crippen molar-refractivity contribution in [3.05, 3.63) is 41.0 Å². The number of carbonyl (C=O) groups excluding carboxylic acids is 2. The number of hydrogen-bond donors (Lipinski definition) is 1. The molecule has 0 unspecified atom stereocenters. The van der Waals surface area contributed by atoms with E-state index in [1.165, 1.54) is 19.6 Å². The molecule has 2 rings (SSSR count). The van der Waals surface area contributed by atoms with Crippen LogP contribution in [-0.4, -0.2) is 25.0 Å². The third-order valence-electron chi connectivity index (χ3n) is 3.92. The molecule has 1 aliphatic carbocycles. The van der Waals surface area contributed by atoms with E-state index in [-0.39, 0.29) is 17.5 Å². The van der Waals surface area contributed by atoms with E-state index in [0.29, 0.717) is 11.1 Å². The van der Waals surface area contributed by atoms with Gasteiger partial charge in [0.2, 0.25) is 0 Å². The summed E-state index contributed by atoms with van der Waals surface area (Å²) in [6.07, 6.45) is 6.83. The molecule has 0 aliphatic heterocycles. The van der Waals surface area contributed by atoms with Crippen LogP contribution in [0.15, 0.2) is 29.8 Å². The summed E-state index contributed by atoms with van der Waals surface area (Å²) in [5.74, 6) is -0.812. The van der Waals surface area contributed by atoms with Crippen molar-refractivity contribution in [2.75, 3.05) is 7.11 Å². The van der Waals surface area contributed by atoms with Gasteiger partial charge in [0.05, 0.1) is 12.7 Å². The molecule has 1 amide bonds. The summed E-state index contributed by atoms with van der Waals surface area (Å²) in [6.45, 7) is 0. The molecule has 0 saturated heterocycles. The van der Waals surface area contributed by atoms with E-state index in [1.807, 2.05) is 6.07 Å². The average Bonchev–Trinajstić information content (AvgIpc) is 2.60. The first-order chi connectivity index (χ1) is 11.1. The van der Waals surface area contributed by atoms with Gasteiger partial charge in [0.15, 0.2) is 0 Å². The summed E-state index contributed by atoms with van der Waals surface area (Å²) >= 11 is 0. The topological polar surface area (TPSA) is 79.2 Å². The number of carbonyl (C=O) groups is 2. The molecule has 0 aromatic heterocycles. The first kappa shape index (κ1) is 16.8. The first-order valence-electron chi connectivity index (χ1n) is 7.75. The zero-order valence-corrected chi connectivity index (χ0v) is 13.2. The number of amides is 1. The smallest absolute Gasteiger partial charge is 0.337 e. The van der Waals surface area contributed by atoms with Gasteiger partial charge in [0, 0.05) is 6.04 Å². The highest BCUT2D eigenvalue weighted by molar-refractivity contribution is 6.02. The Morgan fingerprint density at radius 2 is 2.04 bits per heavy atom. The maximum Gasteiger partial charge on any atom is 0.337 e. The number of esters is 1. The predicted octanol–water partition coefficient (Wildman–Crippen LogP) is 2.83. The molecule has 1 aliphatic rings. The zero-order valence-electron chi connectivity index (χ0n) is 13.2. The van der Waals surface area contributed by atoms with Crippen LogP contribution in [-0.2, 0) is 9.53 Å². The van der Waals surface area contributed by atoms with Crippen LogP contribution >= 0.6 is 0 Å². The minimum Gasteiger partial charge on any atom is -0.465 e. The van der Waals surface area contributed by atoms with Crippen LogP contribution in [0.3, 0.4) is 0 Å². The maximum absolute atomic E-state index is 12.2. The lowest BCUT2D eigenvalue weighted by Crippen LogP contribution is -2.36. The van der Waals surface area contributed by atoms with E-state index >= 15 is 0 Å². The van der Waals surface area contributed by atoms with Gasteiger partial charge in [-0.3, -0.25) is 4.79 Å². The third-order valence-corrected chi connectivity index (χ3v) is 3.92. The SMILES string of the molecule is COC(=O)c1cccc(/C=C(\C#N)C(=O)NC2CCCCC2)c1. The first-order valence-corrected chi connectivity index (χ1v) is 7.75. The van der Waals surface area contributed by atoms with Gasteiger partial charge in [-0.1, -0.05) is 31.4 Å². The molecule has 0 heterocycles. The fraction of sp³-hybridized carbons (Fsp3) is 0.389. The fourth-order valence-corrected chi connectivity index (χ4v) is 2.70. The highest BCUT2D eigenvalue weighted by Gasteiger charge is 2.18. The van der Waals surface area contributed by atoms with Gasteiger partial charge in [-0.25, -0.2) is 4.79 Å². The van der Waals surface area contributed by atoms with Gasteiger partial charge in [-0.05, 0) is 36.6 Å². The van der Waals surface area contributed by atoms with Crippen LogP contribution in [0.25, 0.3) is 6.08 Å². The van der Waals surface area contributed by atoms with Crippen LogP contribution in [0.1, 0.15) is 48.0 Å². The average molecular weight is 312 g/mol. The molecule has 0 radical (unpaired) electrons. The largest absolute Gasteiger partial charge is 0.465 e. The number of nitrogens with one attached hydrogen (secondary N) is 1. The molecule has 1 aromatic carbocycles. The van der Waals surface area contributed by atoms with Crippen LogP contribution in [0.4, 0.5) is 0 Å². The number of benzene rings is 1. The van der Waals surface area contributed by atoms with Crippen molar-refractivity contribution in [1.29, 1.82) is 5.26 Å². The minimum atomic E-state index is -0.453. The predicted molar refractivity (Wildman–Crippen MR) is 86.4 cm³/mol. The summed E-state index contributed by atoms with van der Waals surface area (Å²) in [5.41, 5.74) is 1.03. The summed E-state index contributed by atoms with van der Waals surface area (Å²) in [7, 11) is 1.31. The second-order valence-corrected chi connectivity index (χ2v) is 5.60. The van der Waals surface area contributed by atoms with Crippen LogP contribution in [0.2, 0.25) is 0 Å². The monoisotopic (exact) mass is 312 g/mol. The third kappa shape index (κ3) is 4.68. The summed E-state index contributed by atoms with van der Waals surface area (Å²) in [6, 6.07) is 8.72. The van der Waals surface area contributed by atoms with Gasteiger partial charge < -0.3 is 10.1 Å². The van der Waals surface area contributed by atoms with E-state index in [1.54, 1.807) is 24.3 Å². The Labute approximate surface area is 135 Å². The Morgan fingerprint density at radius 1 is 1.30 bits per heavy atom. The standard InChI is InChI=1S/C18H20N2O3/c1-23-18(22)14-7-5-6-13(10-14)11-15(12-19)17(21)20-16-8-3-2-4-9-16/h5-7,10-11,16H,2-4,8-9H2,1H3,(H,20,21)/b15-11+. The van der Waals surface area contributed by atoms with Gasteiger partial charge in [-0.15, -0.1) is 0 Å². The second kappa shape index (κ2) is 8.14. The summed E-state index contributed by atoms with van der Waals surface area (Å²) in [5, 5.41) is 12.2. The highest BCUT2D eigenvalue weighted by atomic mass is 16.5. The number of nitriles is 1. The van der Waals surface area contributed by atoms with Crippen molar-refractivity contribution in [3.8, 4) is 6.07 Å². The Kier molecular flexibility index (Phi) is 5.93. The van der Waals surface area contributed by atoms with Crippen molar-refractivity contribution in [2.24, 2.45) is 0 Å². The van der Waals surface area contributed by atoms with E-state index in [2.05, 4.69) is 10.1 Å². The number of nitrogens with zero attached hydrogens (tertiary/aromatic N) is 1. The summed E-state index contributed by atoms with van der Waals surface area (Å²) < 4.78 is 4.67. The number of methoxy groups -OCH3 is 1. The summed E-state index contributed by atoms with van der Waals surface area (Å²) in [4.78, 5) is 23.8. The van der Waals surface area contributed by atoms with Gasteiger partial charge in [-0.2, -0.15) is 5.26 Å². The van der Waals surface area contributed by atoms with E-state index in [4.69, 9.17) is 0 Å². The van der Waals surface area contributed by atoms with Crippen molar-refractivity contribution in [2.45, 2.75) is 38.1 Å². The fourth-order valence-electron chi connectivity index (χ4n) is 2.70. The highest BCUT2D eigenvalue weighted by Crippen LogP contribution is 2.18. The zero-order chi connectivity index (χ0) is 16.7. The molecule has 0 atom stereocenters. The Balaban J connectivity index is 2.13. The second-order valence-electron chi connectivity index (χ2n) is 5.60. The van der Waals surface area contributed by atoms with Crippen molar-refractivity contribution >= 4 is 18.0 Å². The van der Waals surface area contributed by atoms with Gasteiger partial charge in [0.1, 0.15) is 11.6 Å². The van der Waals surface area contributed by atoms with E-state index < -0.39 is 5.97 Å².